The van der Waals surface area contributed by atoms with E-state index in [1.807, 2.05) is 32.6 Å². The van der Waals surface area contributed by atoms with Crippen LogP contribution < -0.4 is 4.90 Å². The second-order valence-electron chi connectivity index (χ2n) is 7.46. The van der Waals surface area contributed by atoms with Gasteiger partial charge in [-0.1, -0.05) is 24.3 Å². The van der Waals surface area contributed by atoms with E-state index < -0.39 is 0 Å². The number of pyridine rings is 2. The Morgan fingerprint density at radius 2 is 1.85 bits per heavy atom. The summed E-state index contributed by atoms with van der Waals surface area (Å²) in [5.74, 6) is 1.80. The van der Waals surface area contributed by atoms with Crippen LogP contribution in [0.15, 0.2) is 67.1 Å². The van der Waals surface area contributed by atoms with Crippen LogP contribution in [0.3, 0.4) is 0 Å². The van der Waals surface area contributed by atoms with E-state index in [0.717, 1.165) is 34.2 Å². The minimum absolute atomic E-state index is 0.738. The molecule has 4 nitrogen and oxygen atoms in total. The second-order valence-corrected chi connectivity index (χ2v) is 7.46. The highest BCUT2D eigenvalue weighted by molar-refractivity contribution is 5.81. The molecule has 27 heavy (non-hydrogen) atoms. The highest BCUT2D eigenvalue weighted by Crippen LogP contribution is 2.41. The number of aromatic nitrogens is 3. The van der Waals surface area contributed by atoms with Gasteiger partial charge in [0.2, 0.25) is 0 Å². The maximum atomic E-state index is 4.74. The Hall–Kier alpha value is -3.14. The smallest absolute Gasteiger partial charge is 0.138 e. The first kappa shape index (κ1) is 16.1. The van der Waals surface area contributed by atoms with Crippen LogP contribution in [0, 0.1) is 0 Å². The van der Waals surface area contributed by atoms with Crippen molar-refractivity contribution in [2.45, 2.75) is 18.8 Å². The number of hydrogen-bond acceptors (Lipinski definition) is 3. The van der Waals surface area contributed by atoms with Crippen molar-refractivity contribution in [1.82, 2.24) is 14.4 Å². The lowest BCUT2D eigenvalue weighted by molar-refractivity contribution is 1.04. The van der Waals surface area contributed by atoms with Crippen LogP contribution in [0.5, 0.6) is 0 Å². The molecule has 1 aromatic carbocycles. The van der Waals surface area contributed by atoms with Crippen LogP contribution in [0.25, 0.3) is 28.0 Å². The minimum Gasteiger partial charge on any atom is -0.363 e. The van der Waals surface area contributed by atoms with Gasteiger partial charge in [0, 0.05) is 43.2 Å². The first-order valence-electron chi connectivity index (χ1n) is 9.41. The van der Waals surface area contributed by atoms with Crippen LogP contribution in [-0.4, -0.2) is 28.5 Å². The molecule has 1 fully saturated rings. The van der Waals surface area contributed by atoms with Gasteiger partial charge in [0.15, 0.2) is 0 Å². The molecule has 1 aliphatic carbocycles. The van der Waals surface area contributed by atoms with Gasteiger partial charge in [-0.3, -0.25) is 9.38 Å². The van der Waals surface area contributed by atoms with E-state index in [0.29, 0.717) is 0 Å². The molecule has 0 aliphatic heterocycles. The molecule has 0 bridgehead atoms. The average molecular weight is 354 g/mol. The summed E-state index contributed by atoms with van der Waals surface area (Å²) in [6, 6.07) is 17.2. The second kappa shape index (κ2) is 6.23. The molecule has 1 saturated carbocycles. The quantitative estimate of drug-likeness (QED) is 0.517. The lowest BCUT2D eigenvalue weighted by Crippen LogP contribution is -2.11. The van der Waals surface area contributed by atoms with E-state index in [1.165, 1.54) is 24.0 Å². The molecule has 3 aromatic heterocycles. The summed E-state index contributed by atoms with van der Waals surface area (Å²) in [7, 11) is 4.07. The van der Waals surface area contributed by atoms with Crippen molar-refractivity contribution >= 4 is 11.5 Å². The van der Waals surface area contributed by atoms with Crippen molar-refractivity contribution in [3.8, 4) is 22.4 Å². The van der Waals surface area contributed by atoms with E-state index in [9.17, 15) is 0 Å². The Morgan fingerprint density at radius 3 is 2.67 bits per heavy atom. The third-order valence-electron chi connectivity index (χ3n) is 5.27. The van der Waals surface area contributed by atoms with Crippen LogP contribution in [0.1, 0.15) is 24.3 Å². The molecule has 4 aromatic rings. The zero-order chi connectivity index (χ0) is 18.4. The minimum atomic E-state index is 0.738. The molecule has 0 spiro atoms. The Bertz CT molecular complexity index is 1120. The number of benzene rings is 1. The molecule has 4 heteroatoms. The van der Waals surface area contributed by atoms with Crippen LogP contribution in [0.4, 0.5) is 5.82 Å². The third kappa shape index (κ3) is 2.87. The predicted molar refractivity (Wildman–Crippen MR) is 110 cm³/mol. The highest BCUT2D eigenvalue weighted by atomic mass is 15.2. The summed E-state index contributed by atoms with van der Waals surface area (Å²) < 4.78 is 2.13. The number of nitrogens with zero attached hydrogens (tertiary/aromatic N) is 4. The number of imidazole rings is 1. The van der Waals surface area contributed by atoms with Gasteiger partial charge in [-0.15, -0.1) is 0 Å². The molecular formula is C23H22N4. The summed E-state index contributed by atoms with van der Waals surface area (Å²) in [6.07, 6.45) is 8.56. The molecule has 0 saturated heterocycles. The maximum absolute atomic E-state index is 4.74. The van der Waals surface area contributed by atoms with Crippen molar-refractivity contribution in [3.05, 3.63) is 72.7 Å². The molecule has 3 heterocycles. The van der Waals surface area contributed by atoms with Gasteiger partial charge >= 0.3 is 0 Å². The third-order valence-corrected chi connectivity index (χ3v) is 5.27. The van der Waals surface area contributed by atoms with Crippen molar-refractivity contribution in [3.63, 3.8) is 0 Å². The van der Waals surface area contributed by atoms with Gasteiger partial charge in [-0.05, 0) is 48.6 Å². The average Bonchev–Trinajstić information content (AvgIpc) is 3.46. The van der Waals surface area contributed by atoms with Crippen molar-refractivity contribution in [2.75, 3.05) is 19.0 Å². The topological polar surface area (TPSA) is 33.4 Å². The SMILES string of the molecule is CN(C)c1cnc2ccc(-c3cccnc3-c3cccc(C4CC4)c3)cn12. The molecule has 0 radical (unpaired) electrons. The van der Waals surface area contributed by atoms with Crippen molar-refractivity contribution in [1.29, 1.82) is 0 Å². The summed E-state index contributed by atoms with van der Waals surface area (Å²) in [5.41, 5.74) is 6.89. The molecule has 0 unspecified atom stereocenters. The molecule has 1 aliphatic rings. The van der Waals surface area contributed by atoms with Crippen molar-refractivity contribution in [2.24, 2.45) is 0 Å². The largest absolute Gasteiger partial charge is 0.363 e. The monoisotopic (exact) mass is 354 g/mol. The van der Waals surface area contributed by atoms with Gasteiger partial charge in [0.1, 0.15) is 11.5 Å². The fourth-order valence-electron chi connectivity index (χ4n) is 3.68. The van der Waals surface area contributed by atoms with E-state index in [2.05, 4.69) is 62.9 Å². The van der Waals surface area contributed by atoms with Gasteiger partial charge in [-0.25, -0.2) is 4.98 Å². The summed E-state index contributed by atoms with van der Waals surface area (Å²) in [5, 5.41) is 0. The molecule has 0 atom stereocenters. The lowest BCUT2D eigenvalue weighted by atomic mass is 9.98. The summed E-state index contributed by atoms with van der Waals surface area (Å²) >= 11 is 0. The number of fused-ring (bicyclic) bond motifs is 1. The first-order chi connectivity index (χ1) is 13.2. The Kier molecular flexibility index (Phi) is 3.71. The predicted octanol–water partition coefficient (Wildman–Crippen LogP) is 5.01. The van der Waals surface area contributed by atoms with Gasteiger partial charge < -0.3 is 4.90 Å². The zero-order valence-corrected chi connectivity index (χ0v) is 15.6. The zero-order valence-electron chi connectivity index (χ0n) is 15.6. The molecule has 0 amide bonds. The fourth-order valence-corrected chi connectivity index (χ4v) is 3.68. The molecular weight excluding hydrogens is 332 g/mol. The Balaban J connectivity index is 1.65. The number of hydrogen-bond donors (Lipinski definition) is 0. The molecule has 0 N–H and O–H groups in total. The van der Waals surface area contributed by atoms with Crippen LogP contribution in [-0.2, 0) is 0 Å². The Morgan fingerprint density at radius 1 is 0.963 bits per heavy atom. The van der Waals surface area contributed by atoms with E-state index in [4.69, 9.17) is 4.98 Å². The van der Waals surface area contributed by atoms with Crippen LogP contribution >= 0.6 is 0 Å². The van der Waals surface area contributed by atoms with E-state index >= 15 is 0 Å². The van der Waals surface area contributed by atoms with Gasteiger partial charge in [0.25, 0.3) is 0 Å². The lowest BCUT2D eigenvalue weighted by Gasteiger charge is -2.13. The van der Waals surface area contributed by atoms with Gasteiger partial charge in [-0.2, -0.15) is 0 Å². The highest BCUT2D eigenvalue weighted by Gasteiger charge is 2.23. The Labute approximate surface area is 159 Å². The summed E-state index contributed by atoms with van der Waals surface area (Å²) in [6.45, 7) is 0. The number of rotatable bonds is 4. The van der Waals surface area contributed by atoms with Gasteiger partial charge in [0.05, 0.1) is 11.9 Å². The van der Waals surface area contributed by atoms with E-state index in [-0.39, 0.29) is 0 Å². The normalized spacial score (nSPS) is 13.9. The first-order valence-corrected chi connectivity index (χ1v) is 9.41. The van der Waals surface area contributed by atoms with Crippen molar-refractivity contribution < 1.29 is 0 Å². The fraction of sp³-hybridized carbons (Fsp3) is 0.217. The maximum Gasteiger partial charge on any atom is 0.138 e. The standard InChI is InChI=1S/C23H22N4/c1-26(2)22-14-25-21-11-10-19(15-27(21)22)20-7-4-12-24-23(20)18-6-3-5-17(13-18)16-8-9-16/h3-7,10-16H,8-9H2,1-2H3. The van der Waals surface area contributed by atoms with E-state index in [1.54, 1.807) is 0 Å². The summed E-state index contributed by atoms with van der Waals surface area (Å²) in [4.78, 5) is 11.3. The van der Waals surface area contributed by atoms with Crippen LogP contribution in [0.2, 0.25) is 0 Å². The number of anilines is 1. The molecule has 5 rings (SSSR count). The molecule has 134 valence electrons.